The lowest BCUT2D eigenvalue weighted by Gasteiger charge is -2.12. The molecule has 32 heavy (non-hydrogen) atoms. The predicted octanol–water partition coefficient (Wildman–Crippen LogP) is 2.69. The van der Waals surface area contributed by atoms with Crippen LogP contribution in [0.1, 0.15) is 21.6 Å². The Balaban J connectivity index is 1.84. The molecule has 0 fully saturated rings. The monoisotopic (exact) mass is 447 g/mol. The summed E-state index contributed by atoms with van der Waals surface area (Å²) in [7, 11) is 0. The zero-order chi connectivity index (χ0) is 23.3. The number of hydrogen-bond donors (Lipinski definition) is 4. The molecule has 0 aliphatic rings. The third kappa shape index (κ3) is 5.99. The van der Waals surface area contributed by atoms with Gasteiger partial charge < -0.3 is 20.8 Å². The number of benzene rings is 1. The number of nitrogens with zero attached hydrogens (tertiary/aromatic N) is 3. The van der Waals surface area contributed by atoms with Gasteiger partial charge in [0.1, 0.15) is 5.69 Å². The first-order chi connectivity index (χ1) is 15.2. The third-order valence-corrected chi connectivity index (χ3v) is 4.32. The van der Waals surface area contributed by atoms with E-state index in [1.54, 1.807) is 24.4 Å². The molecule has 1 unspecified atom stereocenters. The van der Waals surface area contributed by atoms with Crippen LogP contribution in [0, 0.1) is 6.92 Å². The Kier molecular flexibility index (Phi) is 7.01. The number of nitrogens with one attached hydrogen (secondary N) is 2. The maximum Gasteiger partial charge on any atom is 0.433 e. The SMILES string of the molecule is Cc1cc(Nc2nccc(C(F)(F)F)n2)cc(-c2cncc(C(=O)NCC(O)CO)c2)c1. The summed E-state index contributed by atoms with van der Waals surface area (Å²) in [5.41, 5.74) is 1.70. The number of pyridine rings is 1. The first kappa shape index (κ1) is 23.1. The van der Waals surface area contributed by atoms with E-state index in [0.29, 0.717) is 16.8 Å². The van der Waals surface area contributed by atoms with Crippen LogP contribution in [-0.2, 0) is 6.18 Å². The van der Waals surface area contributed by atoms with Crippen LogP contribution in [-0.4, -0.2) is 50.3 Å². The maximum absolute atomic E-state index is 12.9. The molecule has 11 heteroatoms. The fourth-order valence-electron chi connectivity index (χ4n) is 2.83. The Morgan fingerprint density at radius 3 is 2.66 bits per heavy atom. The number of alkyl halides is 3. The van der Waals surface area contributed by atoms with Gasteiger partial charge in [-0.05, 0) is 42.3 Å². The Labute approximate surface area is 181 Å². The number of carbonyl (C=O) groups is 1. The van der Waals surface area contributed by atoms with Crippen molar-refractivity contribution in [1.82, 2.24) is 20.3 Å². The molecule has 0 bridgehead atoms. The standard InChI is InChI=1S/C21H20F3N5O3/c1-12-4-13(14-6-15(9-25-8-14)19(32)27-10-17(31)11-30)7-16(5-12)28-20-26-3-2-18(29-20)21(22,23)24/h2-9,17,30-31H,10-11H2,1H3,(H,27,32)(H,26,28,29). The molecule has 0 spiro atoms. The summed E-state index contributed by atoms with van der Waals surface area (Å²) < 4.78 is 38.7. The zero-order valence-electron chi connectivity index (χ0n) is 16.9. The van der Waals surface area contributed by atoms with E-state index in [1.165, 1.54) is 6.20 Å². The van der Waals surface area contributed by atoms with E-state index in [1.807, 2.05) is 13.0 Å². The van der Waals surface area contributed by atoms with Crippen molar-refractivity contribution in [2.45, 2.75) is 19.2 Å². The highest BCUT2D eigenvalue weighted by atomic mass is 19.4. The van der Waals surface area contributed by atoms with Crippen molar-refractivity contribution in [3.05, 3.63) is 65.7 Å². The Morgan fingerprint density at radius 2 is 1.94 bits per heavy atom. The second kappa shape index (κ2) is 9.71. The van der Waals surface area contributed by atoms with Gasteiger partial charge in [0.25, 0.3) is 5.91 Å². The number of aryl methyl sites for hydroxylation is 1. The van der Waals surface area contributed by atoms with E-state index >= 15 is 0 Å². The predicted molar refractivity (Wildman–Crippen MR) is 110 cm³/mol. The molecule has 8 nitrogen and oxygen atoms in total. The van der Waals surface area contributed by atoms with Crippen LogP contribution < -0.4 is 10.6 Å². The van der Waals surface area contributed by atoms with E-state index in [-0.39, 0.29) is 18.1 Å². The van der Waals surface area contributed by atoms with Crippen LogP contribution in [0.15, 0.2) is 48.9 Å². The molecule has 0 saturated heterocycles. The minimum atomic E-state index is -4.59. The van der Waals surface area contributed by atoms with Crippen LogP contribution in [0.2, 0.25) is 0 Å². The van der Waals surface area contributed by atoms with Gasteiger partial charge in [-0.25, -0.2) is 9.97 Å². The number of halogens is 3. The van der Waals surface area contributed by atoms with Crippen molar-refractivity contribution in [3.8, 4) is 11.1 Å². The highest BCUT2D eigenvalue weighted by Gasteiger charge is 2.32. The molecule has 0 radical (unpaired) electrons. The van der Waals surface area contributed by atoms with Crippen LogP contribution >= 0.6 is 0 Å². The van der Waals surface area contributed by atoms with Crippen molar-refractivity contribution >= 4 is 17.5 Å². The number of aliphatic hydroxyl groups is 2. The first-order valence-corrected chi connectivity index (χ1v) is 9.47. The average molecular weight is 447 g/mol. The van der Waals surface area contributed by atoms with Gasteiger partial charge in [0, 0.05) is 36.4 Å². The lowest BCUT2D eigenvalue weighted by molar-refractivity contribution is -0.141. The third-order valence-electron chi connectivity index (χ3n) is 4.32. The van der Waals surface area contributed by atoms with Crippen molar-refractivity contribution in [2.75, 3.05) is 18.5 Å². The summed E-state index contributed by atoms with van der Waals surface area (Å²) in [5, 5.41) is 23.5. The molecular formula is C21H20F3N5O3. The van der Waals surface area contributed by atoms with Crippen molar-refractivity contribution in [1.29, 1.82) is 0 Å². The molecule has 0 aliphatic carbocycles. The quantitative estimate of drug-likeness (QED) is 0.440. The van der Waals surface area contributed by atoms with Crippen molar-refractivity contribution in [3.63, 3.8) is 0 Å². The Hall–Kier alpha value is -3.57. The molecule has 1 amide bonds. The summed E-state index contributed by atoms with van der Waals surface area (Å²) in [5.74, 6) is -0.680. The summed E-state index contributed by atoms with van der Waals surface area (Å²) in [4.78, 5) is 23.7. The topological polar surface area (TPSA) is 120 Å². The molecule has 3 rings (SSSR count). The van der Waals surface area contributed by atoms with Gasteiger partial charge in [0.05, 0.1) is 18.3 Å². The maximum atomic E-state index is 12.9. The molecule has 1 atom stereocenters. The second-order valence-electron chi connectivity index (χ2n) is 6.98. The normalized spacial score (nSPS) is 12.3. The second-order valence-corrected chi connectivity index (χ2v) is 6.98. The number of amides is 1. The van der Waals surface area contributed by atoms with Crippen LogP contribution in [0.3, 0.4) is 0 Å². The molecule has 168 valence electrons. The minimum absolute atomic E-state index is 0.116. The molecule has 0 aliphatic heterocycles. The molecule has 3 aromatic rings. The molecule has 2 heterocycles. The van der Waals surface area contributed by atoms with E-state index in [2.05, 4.69) is 25.6 Å². The number of aliphatic hydroxyl groups excluding tert-OH is 2. The average Bonchev–Trinajstić information content (AvgIpc) is 2.76. The van der Waals surface area contributed by atoms with Gasteiger partial charge in [-0.15, -0.1) is 0 Å². The van der Waals surface area contributed by atoms with Gasteiger partial charge in [-0.2, -0.15) is 13.2 Å². The van der Waals surface area contributed by atoms with Gasteiger partial charge in [-0.1, -0.05) is 6.07 Å². The van der Waals surface area contributed by atoms with Gasteiger partial charge in [0.15, 0.2) is 0 Å². The van der Waals surface area contributed by atoms with Crippen molar-refractivity contribution in [2.24, 2.45) is 0 Å². The van der Waals surface area contributed by atoms with E-state index < -0.39 is 30.5 Å². The zero-order valence-corrected chi connectivity index (χ0v) is 16.9. The largest absolute Gasteiger partial charge is 0.433 e. The molecule has 4 N–H and O–H groups in total. The summed E-state index contributed by atoms with van der Waals surface area (Å²) in [6, 6.07) is 7.59. The van der Waals surface area contributed by atoms with Crippen molar-refractivity contribution < 1.29 is 28.2 Å². The van der Waals surface area contributed by atoms with E-state index in [9.17, 15) is 23.1 Å². The summed E-state index contributed by atoms with van der Waals surface area (Å²) in [6.45, 7) is 1.21. The number of aromatic nitrogens is 3. The molecular weight excluding hydrogens is 427 g/mol. The van der Waals surface area contributed by atoms with Crippen LogP contribution in [0.5, 0.6) is 0 Å². The highest BCUT2D eigenvalue weighted by molar-refractivity contribution is 5.95. The first-order valence-electron chi connectivity index (χ1n) is 9.47. The fraction of sp³-hybridized carbons (Fsp3) is 0.238. The molecule has 2 aromatic heterocycles. The van der Waals surface area contributed by atoms with Gasteiger partial charge in [0.2, 0.25) is 5.95 Å². The highest BCUT2D eigenvalue weighted by Crippen LogP contribution is 2.29. The smallest absolute Gasteiger partial charge is 0.394 e. The van der Waals surface area contributed by atoms with Crippen LogP contribution in [0.4, 0.5) is 24.8 Å². The lowest BCUT2D eigenvalue weighted by atomic mass is 10.0. The summed E-state index contributed by atoms with van der Waals surface area (Å²) >= 11 is 0. The summed E-state index contributed by atoms with van der Waals surface area (Å²) in [6.07, 6.45) is -1.74. The van der Waals surface area contributed by atoms with E-state index in [4.69, 9.17) is 5.11 Å². The van der Waals surface area contributed by atoms with E-state index in [0.717, 1.165) is 17.8 Å². The number of anilines is 2. The minimum Gasteiger partial charge on any atom is -0.394 e. The Morgan fingerprint density at radius 1 is 1.16 bits per heavy atom. The number of hydrogen-bond acceptors (Lipinski definition) is 7. The lowest BCUT2D eigenvalue weighted by Crippen LogP contribution is -2.33. The fourth-order valence-corrected chi connectivity index (χ4v) is 2.83. The van der Waals surface area contributed by atoms with Gasteiger partial charge in [-0.3, -0.25) is 9.78 Å². The molecule has 1 aromatic carbocycles. The number of carbonyl (C=O) groups excluding carboxylic acids is 1. The Bertz CT molecular complexity index is 1110. The van der Waals surface area contributed by atoms with Crippen LogP contribution in [0.25, 0.3) is 11.1 Å². The number of rotatable bonds is 7. The molecule has 0 saturated carbocycles. The van der Waals surface area contributed by atoms with Gasteiger partial charge >= 0.3 is 6.18 Å².